The third-order valence-electron chi connectivity index (χ3n) is 5.19. The van der Waals surface area contributed by atoms with Crippen molar-refractivity contribution in [1.29, 1.82) is 0 Å². The fourth-order valence-corrected chi connectivity index (χ4v) is 3.44. The van der Waals surface area contributed by atoms with Crippen LogP contribution < -0.4 is 16.4 Å². The van der Waals surface area contributed by atoms with Crippen molar-refractivity contribution in [3.8, 4) is 0 Å². The maximum atomic E-state index is 5.51. The minimum atomic E-state index is 0.868. The van der Waals surface area contributed by atoms with Crippen LogP contribution in [-0.2, 0) is 0 Å². The first-order valence-corrected chi connectivity index (χ1v) is 12.0. The van der Waals surface area contributed by atoms with Crippen molar-refractivity contribution in [3.05, 3.63) is 0 Å². The summed E-state index contributed by atoms with van der Waals surface area (Å²) in [6.45, 7) is 7.90. The maximum Gasteiger partial charge on any atom is -0.00489 e. The molecule has 0 aromatic heterocycles. The Balaban J connectivity index is 2.95. The van der Waals surface area contributed by atoms with Crippen molar-refractivity contribution in [3.63, 3.8) is 0 Å². The van der Waals surface area contributed by atoms with Gasteiger partial charge in [-0.15, -0.1) is 0 Å². The van der Waals surface area contributed by atoms with Crippen LogP contribution >= 0.6 is 0 Å². The Morgan fingerprint density at radius 2 is 0.731 bits per heavy atom. The van der Waals surface area contributed by atoms with Crippen LogP contribution in [0.1, 0.15) is 116 Å². The van der Waals surface area contributed by atoms with Gasteiger partial charge >= 0.3 is 0 Å². The molecule has 0 aromatic carbocycles. The Kier molecular flexibility index (Phi) is 24.8. The monoisotopic (exact) mass is 369 g/mol. The first kappa shape index (κ1) is 25.9. The van der Waals surface area contributed by atoms with Crippen LogP contribution in [0.5, 0.6) is 0 Å². The van der Waals surface area contributed by atoms with Crippen LogP contribution in [0.2, 0.25) is 0 Å². The Morgan fingerprint density at radius 3 is 1.12 bits per heavy atom. The predicted octanol–water partition coefficient (Wildman–Crippen LogP) is 5.78. The number of nitrogens with one attached hydrogen (secondary N) is 2. The summed E-state index contributed by atoms with van der Waals surface area (Å²) in [4.78, 5) is 0. The van der Waals surface area contributed by atoms with E-state index in [-0.39, 0.29) is 0 Å². The molecule has 0 heterocycles. The predicted molar refractivity (Wildman–Crippen MR) is 119 cm³/mol. The minimum Gasteiger partial charge on any atom is -0.330 e. The molecule has 3 heteroatoms. The summed E-state index contributed by atoms with van der Waals surface area (Å²) in [6.07, 6.45) is 23.5. The summed E-state index contributed by atoms with van der Waals surface area (Å²) in [5.41, 5.74) is 5.51. The van der Waals surface area contributed by atoms with Gasteiger partial charge in [0.15, 0.2) is 0 Å². The SMILES string of the molecule is CCCNCCCCCNCCCCCCCCCCCCCCCN. The second-order valence-electron chi connectivity index (χ2n) is 7.95. The van der Waals surface area contributed by atoms with Gasteiger partial charge in [-0.1, -0.05) is 84.0 Å². The smallest absolute Gasteiger partial charge is 0.00489 e. The molecule has 0 amide bonds. The lowest BCUT2D eigenvalue weighted by Crippen LogP contribution is -2.18. The lowest BCUT2D eigenvalue weighted by Gasteiger charge is -2.06. The first-order valence-electron chi connectivity index (χ1n) is 12.0. The van der Waals surface area contributed by atoms with Gasteiger partial charge < -0.3 is 16.4 Å². The highest BCUT2D eigenvalue weighted by Crippen LogP contribution is 2.12. The van der Waals surface area contributed by atoms with Crippen molar-refractivity contribution >= 4 is 0 Å². The Labute approximate surface area is 165 Å². The van der Waals surface area contributed by atoms with Crippen molar-refractivity contribution in [1.82, 2.24) is 10.6 Å². The van der Waals surface area contributed by atoms with Crippen molar-refractivity contribution < 1.29 is 0 Å². The van der Waals surface area contributed by atoms with Crippen molar-refractivity contribution in [2.45, 2.75) is 116 Å². The second kappa shape index (κ2) is 24.9. The fraction of sp³-hybridized carbons (Fsp3) is 1.00. The average molecular weight is 370 g/mol. The van der Waals surface area contributed by atoms with Gasteiger partial charge in [0.05, 0.1) is 0 Å². The fourth-order valence-electron chi connectivity index (χ4n) is 3.44. The van der Waals surface area contributed by atoms with Gasteiger partial charge in [0.25, 0.3) is 0 Å². The molecule has 0 rings (SSSR count). The van der Waals surface area contributed by atoms with E-state index in [4.69, 9.17) is 5.73 Å². The highest BCUT2D eigenvalue weighted by molar-refractivity contribution is 4.53. The molecule has 0 aliphatic rings. The summed E-state index contributed by atoms with van der Waals surface area (Å²) in [5.74, 6) is 0. The van der Waals surface area contributed by atoms with Crippen LogP contribution in [-0.4, -0.2) is 32.7 Å². The molecule has 0 saturated carbocycles. The third-order valence-corrected chi connectivity index (χ3v) is 5.19. The van der Waals surface area contributed by atoms with Gasteiger partial charge in [0.1, 0.15) is 0 Å². The highest BCUT2D eigenvalue weighted by atomic mass is 14.8. The van der Waals surface area contributed by atoms with E-state index in [9.17, 15) is 0 Å². The Hall–Kier alpha value is -0.120. The normalized spacial score (nSPS) is 11.3. The number of nitrogens with two attached hydrogens (primary N) is 1. The van der Waals surface area contributed by atoms with Gasteiger partial charge in [-0.2, -0.15) is 0 Å². The molecule has 0 aliphatic carbocycles. The zero-order chi connectivity index (χ0) is 19.0. The summed E-state index contributed by atoms with van der Waals surface area (Å²) >= 11 is 0. The summed E-state index contributed by atoms with van der Waals surface area (Å²) in [7, 11) is 0. The largest absolute Gasteiger partial charge is 0.330 e. The van der Waals surface area contributed by atoms with Gasteiger partial charge in [-0.25, -0.2) is 0 Å². The van der Waals surface area contributed by atoms with E-state index in [1.807, 2.05) is 0 Å². The Bertz CT molecular complexity index is 209. The first-order chi connectivity index (χ1) is 12.9. The molecule has 0 unspecified atom stereocenters. The molecular weight excluding hydrogens is 318 g/mol. The van der Waals surface area contributed by atoms with Crippen molar-refractivity contribution in [2.75, 3.05) is 32.7 Å². The van der Waals surface area contributed by atoms with E-state index < -0.39 is 0 Å². The second-order valence-corrected chi connectivity index (χ2v) is 7.95. The molecule has 26 heavy (non-hydrogen) atoms. The molecule has 0 radical (unpaired) electrons. The number of unbranched alkanes of at least 4 members (excludes halogenated alkanes) is 14. The van der Waals surface area contributed by atoms with E-state index in [1.165, 1.54) is 135 Å². The summed E-state index contributed by atoms with van der Waals surface area (Å²) < 4.78 is 0. The summed E-state index contributed by atoms with van der Waals surface area (Å²) in [5, 5.41) is 7.07. The molecule has 0 atom stereocenters. The Morgan fingerprint density at radius 1 is 0.423 bits per heavy atom. The third kappa shape index (κ3) is 23.9. The molecule has 0 spiro atoms. The topological polar surface area (TPSA) is 50.1 Å². The van der Waals surface area contributed by atoms with Crippen molar-refractivity contribution in [2.24, 2.45) is 5.73 Å². The lowest BCUT2D eigenvalue weighted by molar-refractivity contribution is 0.525. The van der Waals surface area contributed by atoms with E-state index >= 15 is 0 Å². The maximum absolute atomic E-state index is 5.51. The van der Waals surface area contributed by atoms with Crippen LogP contribution in [0, 0.1) is 0 Å². The van der Waals surface area contributed by atoms with Crippen LogP contribution in [0.25, 0.3) is 0 Å². The molecule has 0 aliphatic heterocycles. The molecule has 0 bridgehead atoms. The van der Waals surface area contributed by atoms with Crippen LogP contribution in [0.4, 0.5) is 0 Å². The molecular formula is C23H51N3. The number of hydrogen-bond donors (Lipinski definition) is 3. The van der Waals surface area contributed by atoms with Gasteiger partial charge in [-0.3, -0.25) is 0 Å². The highest BCUT2D eigenvalue weighted by Gasteiger charge is 1.95. The zero-order valence-corrected chi connectivity index (χ0v) is 18.1. The van der Waals surface area contributed by atoms with E-state index in [1.54, 1.807) is 0 Å². The molecule has 0 fully saturated rings. The quantitative estimate of drug-likeness (QED) is 0.200. The standard InChI is InChI=1S/C23H51N3/c1-2-20-25-21-17-14-18-23-26-22-16-13-11-9-7-5-3-4-6-8-10-12-15-19-24/h25-26H,2-24H2,1H3. The molecule has 0 saturated heterocycles. The van der Waals surface area contributed by atoms with Crippen LogP contribution in [0.15, 0.2) is 0 Å². The zero-order valence-electron chi connectivity index (χ0n) is 18.1. The van der Waals surface area contributed by atoms with E-state index in [0.717, 1.165) is 6.54 Å². The molecule has 158 valence electrons. The van der Waals surface area contributed by atoms with E-state index in [0.29, 0.717) is 0 Å². The minimum absolute atomic E-state index is 0.868. The number of rotatable bonds is 23. The van der Waals surface area contributed by atoms with Gasteiger partial charge in [-0.05, 0) is 64.8 Å². The lowest BCUT2D eigenvalue weighted by atomic mass is 10.0. The van der Waals surface area contributed by atoms with Gasteiger partial charge in [0.2, 0.25) is 0 Å². The van der Waals surface area contributed by atoms with E-state index in [2.05, 4.69) is 17.6 Å². The average Bonchev–Trinajstić information content (AvgIpc) is 2.66. The molecule has 4 N–H and O–H groups in total. The summed E-state index contributed by atoms with van der Waals surface area (Å²) in [6, 6.07) is 0. The number of hydrogen-bond acceptors (Lipinski definition) is 3. The molecule has 0 aromatic rings. The molecule has 3 nitrogen and oxygen atoms in total. The van der Waals surface area contributed by atoms with Gasteiger partial charge in [0, 0.05) is 0 Å². The van der Waals surface area contributed by atoms with Crippen LogP contribution in [0.3, 0.4) is 0 Å².